The van der Waals surface area contributed by atoms with Gasteiger partial charge in [0, 0.05) is 16.3 Å². The Kier molecular flexibility index (Phi) is 3.53. The van der Waals surface area contributed by atoms with Crippen molar-refractivity contribution in [3.05, 3.63) is 85.5 Å². The second-order valence-electron chi connectivity index (χ2n) is 6.59. The first kappa shape index (κ1) is 16.6. The Morgan fingerprint density at radius 2 is 1.61 bits per heavy atom. The van der Waals surface area contributed by atoms with Gasteiger partial charge in [-0.05, 0) is 29.3 Å². The molecule has 1 atom stereocenters. The van der Waals surface area contributed by atoms with Crippen LogP contribution in [0.3, 0.4) is 0 Å². The van der Waals surface area contributed by atoms with Crippen LogP contribution in [0.25, 0.3) is 22.3 Å². The topological polar surface area (TPSA) is 111 Å². The molecule has 0 spiro atoms. The molecule has 1 aliphatic heterocycles. The summed E-state index contributed by atoms with van der Waals surface area (Å²) in [7, 11) is 0. The number of halogens is 1. The number of rotatable bonds is 2. The van der Waals surface area contributed by atoms with Gasteiger partial charge in [0.1, 0.15) is 5.65 Å². The van der Waals surface area contributed by atoms with E-state index in [1.54, 1.807) is 24.3 Å². The van der Waals surface area contributed by atoms with Gasteiger partial charge in [0.2, 0.25) is 5.91 Å². The number of aromatic nitrogens is 3. The number of benzene rings is 2. The highest BCUT2D eigenvalue weighted by Gasteiger charge is 2.36. The fourth-order valence-corrected chi connectivity index (χ4v) is 3.91. The Morgan fingerprint density at radius 3 is 2.39 bits per heavy atom. The highest BCUT2D eigenvalue weighted by atomic mass is 35.5. The zero-order chi connectivity index (χ0) is 19.4. The molecule has 2 aromatic carbocycles. The molecule has 5 rings (SSSR count). The third-order valence-corrected chi connectivity index (χ3v) is 5.20. The number of nitrogens with one attached hydrogen (secondary N) is 4. The number of anilines is 1. The number of carbonyl (C=O) groups excluding carboxylic acids is 1. The van der Waals surface area contributed by atoms with Crippen LogP contribution in [0.1, 0.15) is 17.0 Å². The second kappa shape index (κ2) is 5.97. The van der Waals surface area contributed by atoms with Crippen molar-refractivity contribution in [3.63, 3.8) is 0 Å². The highest BCUT2D eigenvalue weighted by Crippen LogP contribution is 2.43. The van der Waals surface area contributed by atoms with Crippen molar-refractivity contribution in [2.75, 3.05) is 5.32 Å². The van der Waals surface area contributed by atoms with E-state index in [1.165, 1.54) is 0 Å². The Balaban J connectivity index is 1.88. The Morgan fingerprint density at radius 1 is 0.857 bits per heavy atom. The number of aromatic amines is 3. The first-order chi connectivity index (χ1) is 13.5. The van der Waals surface area contributed by atoms with Crippen LogP contribution in [-0.4, -0.2) is 20.9 Å². The molecule has 0 aliphatic carbocycles. The van der Waals surface area contributed by atoms with E-state index in [-0.39, 0.29) is 16.9 Å². The lowest BCUT2D eigenvalue weighted by Gasteiger charge is -2.11. The molecule has 0 saturated heterocycles. The predicted molar refractivity (Wildman–Crippen MR) is 107 cm³/mol. The molecule has 0 bridgehead atoms. The van der Waals surface area contributed by atoms with Gasteiger partial charge >= 0.3 is 5.69 Å². The summed E-state index contributed by atoms with van der Waals surface area (Å²) < 4.78 is 0. The van der Waals surface area contributed by atoms with E-state index in [0.717, 1.165) is 11.1 Å². The van der Waals surface area contributed by atoms with E-state index < -0.39 is 17.2 Å². The lowest BCUT2D eigenvalue weighted by Crippen LogP contribution is -2.23. The molecule has 2 aromatic heterocycles. The zero-order valence-electron chi connectivity index (χ0n) is 14.3. The third kappa shape index (κ3) is 2.40. The Labute approximate surface area is 162 Å². The molecule has 8 heteroatoms. The molecule has 0 saturated carbocycles. The van der Waals surface area contributed by atoms with Gasteiger partial charge in [-0.2, -0.15) is 0 Å². The molecule has 0 radical (unpaired) electrons. The maximum Gasteiger partial charge on any atom is 0.327 e. The predicted octanol–water partition coefficient (Wildman–Crippen LogP) is 2.95. The minimum Gasteiger partial charge on any atom is -0.340 e. The smallest absolute Gasteiger partial charge is 0.327 e. The summed E-state index contributed by atoms with van der Waals surface area (Å²) in [5.74, 6) is -0.925. The molecule has 28 heavy (non-hydrogen) atoms. The van der Waals surface area contributed by atoms with Crippen molar-refractivity contribution in [2.24, 2.45) is 0 Å². The number of para-hydroxylation sites is 1. The number of H-pyrrole nitrogens is 3. The molecule has 4 aromatic rings. The van der Waals surface area contributed by atoms with Gasteiger partial charge in [-0.3, -0.25) is 19.6 Å². The monoisotopic (exact) mass is 392 g/mol. The highest BCUT2D eigenvalue weighted by molar-refractivity contribution is 6.30. The summed E-state index contributed by atoms with van der Waals surface area (Å²) in [6.07, 6.45) is 0. The summed E-state index contributed by atoms with van der Waals surface area (Å²) in [4.78, 5) is 45.2. The molecule has 3 heterocycles. The molecule has 7 nitrogen and oxygen atoms in total. The maximum absolute atomic E-state index is 12.9. The van der Waals surface area contributed by atoms with Crippen LogP contribution < -0.4 is 16.6 Å². The van der Waals surface area contributed by atoms with Crippen molar-refractivity contribution in [2.45, 2.75) is 5.92 Å². The first-order valence-corrected chi connectivity index (χ1v) is 8.94. The number of carbonyl (C=O) groups is 1. The van der Waals surface area contributed by atoms with Gasteiger partial charge in [-0.15, -0.1) is 0 Å². The van der Waals surface area contributed by atoms with Crippen LogP contribution in [0.15, 0.2) is 58.1 Å². The molecule has 1 amide bonds. The van der Waals surface area contributed by atoms with Gasteiger partial charge in [0.25, 0.3) is 5.56 Å². The number of hydrogen-bond donors (Lipinski definition) is 4. The summed E-state index contributed by atoms with van der Waals surface area (Å²) in [6, 6.07) is 14.4. The van der Waals surface area contributed by atoms with E-state index in [9.17, 15) is 14.4 Å². The molecule has 0 fully saturated rings. The summed E-state index contributed by atoms with van der Waals surface area (Å²) >= 11 is 6.00. The fourth-order valence-electron chi connectivity index (χ4n) is 3.78. The van der Waals surface area contributed by atoms with Gasteiger partial charge in [0.15, 0.2) is 0 Å². The van der Waals surface area contributed by atoms with Crippen molar-refractivity contribution < 1.29 is 4.79 Å². The van der Waals surface area contributed by atoms with Gasteiger partial charge in [-0.1, -0.05) is 41.9 Å². The lowest BCUT2D eigenvalue weighted by atomic mass is 9.89. The average molecular weight is 393 g/mol. The van der Waals surface area contributed by atoms with Gasteiger partial charge in [-0.25, -0.2) is 4.79 Å². The second-order valence-corrected chi connectivity index (χ2v) is 7.02. The minimum absolute atomic E-state index is 0.233. The first-order valence-electron chi connectivity index (χ1n) is 8.57. The molecule has 138 valence electrons. The summed E-state index contributed by atoms with van der Waals surface area (Å²) in [6.45, 7) is 0. The van der Waals surface area contributed by atoms with Crippen LogP contribution in [-0.2, 0) is 4.79 Å². The van der Waals surface area contributed by atoms with E-state index in [2.05, 4.69) is 20.3 Å². The zero-order valence-corrected chi connectivity index (χ0v) is 15.1. The normalized spacial score (nSPS) is 15.6. The molecule has 0 unspecified atom stereocenters. The van der Waals surface area contributed by atoms with Crippen molar-refractivity contribution in [1.82, 2.24) is 15.0 Å². The van der Waals surface area contributed by atoms with Crippen LogP contribution >= 0.6 is 11.6 Å². The van der Waals surface area contributed by atoms with E-state index in [4.69, 9.17) is 11.6 Å². The molecule has 1 aliphatic rings. The molecular weight excluding hydrogens is 380 g/mol. The number of amides is 1. The summed E-state index contributed by atoms with van der Waals surface area (Å²) in [5.41, 5.74) is 2.41. The van der Waals surface area contributed by atoms with Crippen LogP contribution in [0.5, 0.6) is 0 Å². The van der Waals surface area contributed by atoms with E-state index >= 15 is 0 Å². The van der Waals surface area contributed by atoms with Gasteiger partial charge < -0.3 is 10.3 Å². The molecule has 4 N–H and O–H groups in total. The third-order valence-electron chi connectivity index (χ3n) is 4.94. The summed E-state index contributed by atoms with van der Waals surface area (Å²) in [5, 5.41) is 3.68. The lowest BCUT2D eigenvalue weighted by molar-refractivity contribution is -0.116. The average Bonchev–Trinajstić information content (AvgIpc) is 3.19. The van der Waals surface area contributed by atoms with Crippen molar-refractivity contribution in [1.29, 1.82) is 0 Å². The maximum atomic E-state index is 12.9. The number of hydrogen-bond acceptors (Lipinski definition) is 3. The Hall–Kier alpha value is -3.58. The van der Waals surface area contributed by atoms with E-state index in [0.29, 0.717) is 22.0 Å². The van der Waals surface area contributed by atoms with Crippen LogP contribution in [0.4, 0.5) is 5.69 Å². The SMILES string of the molecule is O=C1Nc2ccccc2[C@H]1c1c(-c2ccc(Cl)cc2)[nH]c2[nH]c(=O)[nH]c(=O)c12. The largest absolute Gasteiger partial charge is 0.340 e. The van der Waals surface area contributed by atoms with E-state index in [1.807, 2.05) is 24.3 Å². The molecular formula is C20H13ClN4O3. The van der Waals surface area contributed by atoms with Crippen LogP contribution in [0.2, 0.25) is 5.02 Å². The number of fused-ring (bicyclic) bond motifs is 2. The van der Waals surface area contributed by atoms with Crippen molar-refractivity contribution in [3.8, 4) is 11.3 Å². The van der Waals surface area contributed by atoms with Crippen molar-refractivity contribution >= 4 is 34.2 Å². The minimum atomic E-state index is -0.692. The van der Waals surface area contributed by atoms with Gasteiger partial charge in [0.05, 0.1) is 17.0 Å². The Bertz CT molecular complexity index is 1360. The quantitative estimate of drug-likeness (QED) is 0.421. The van der Waals surface area contributed by atoms with Crippen LogP contribution in [0, 0.1) is 0 Å². The fraction of sp³-hybridized carbons (Fsp3) is 0.0500. The standard InChI is InChI=1S/C20H13ClN4O3/c21-10-7-5-9(6-8-10)16-14(15-17(23-16)24-20(28)25-19(15)27)13-11-3-1-2-4-12(11)22-18(13)26/h1-8,13H,(H,22,26)(H3,23,24,25,27,28)/t13-/m0/s1.